The van der Waals surface area contributed by atoms with E-state index in [0.717, 1.165) is 35.3 Å². The summed E-state index contributed by atoms with van der Waals surface area (Å²) in [5, 5.41) is 4.32. The number of benzene rings is 1. The first kappa shape index (κ1) is 13.8. The maximum Gasteiger partial charge on any atom is 0.218 e. The average Bonchev–Trinajstić information content (AvgIpc) is 2.39. The monoisotopic (exact) mass is 258 g/mol. The first-order valence-corrected chi connectivity index (χ1v) is 6.78. The molecule has 2 aromatic rings. The van der Waals surface area contributed by atoms with Gasteiger partial charge in [-0.15, -0.1) is 0 Å². The lowest BCUT2D eigenvalue weighted by Crippen LogP contribution is -2.28. The van der Waals surface area contributed by atoms with Crippen LogP contribution in [0.15, 0.2) is 30.3 Å². The molecule has 0 saturated carbocycles. The quantitative estimate of drug-likeness (QED) is 0.891. The van der Waals surface area contributed by atoms with Crippen LogP contribution in [0.4, 0.5) is 0 Å². The first-order valence-electron chi connectivity index (χ1n) is 6.78. The minimum absolute atomic E-state index is 0.196. The van der Waals surface area contributed by atoms with Crippen molar-refractivity contribution < 1.29 is 4.74 Å². The van der Waals surface area contributed by atoms with Crippen LogP contribution >= 0.6 is 0 Å². The third kappa shape index (κ3) is 3.24. The van der Waals surface area contributed by atoms with Crippen molar-refractivity contribution in [2.75, 3.05) is 7.05 Å². The molecule has 0 aliphatic rings. The summed E-state index contributed by atoms with van der Waals surface area (Å²) in [6.07, 6.45) is 0.945. The van der Waals surface area contributed by atoms with Crippen molar-refractivity contribution in [2.45, 2.75) is 39.3 Å². The van der Waals surface area contributed by atoms with Crippen molar-refractivity contribution in [1.82, 2.24) is 10.3 Å². The Hall–Kier alpha value is -1.61. The third-order valence-corrected chi connectivity index (χ3v) is 3.35. The molecule has 0 saturated heterocycles. The fourth-order valence-corrected chi connectivity index (χ4v) is 1.88. The van der Waals surface area contributed by atoms with Crippen LogP contribution in [0.25, 0.3) is 10.9 Å². The van der Waals surface area contributed by atoms with Gasteiger partial charge in [-0.1, -0.05) is 25.1 Å². The van der Waals surface area contributed by atoms with Crippen molar-refractivity contribution in [1.29, 1.82) is 0 Å². The fourth-order valence-electron chi connectivity index (χ4n) is 1.88. The lowest BCUT2D eigenvalue weighted by molar-refractivity contribution is 0.0979. The van der Waals surface area contributed by atoms with E-state index in [9.17, 15) is 0 Å². The molecule has 0 atom stereocenters. The predicted octanol–water partition coefficient (Wildman–Crippen LogP) is 3.52. The zero-order chi connectivity index (χ0) is 13.9. The molecule has 1 aromatic heterocycles. The van der Waals surface area contributed by atoms with Gasteiger partial charge in [0.2, 0.25) is 5.88 Å². The lowest BCUT2D eigenvalue weighted by Gasteiger charge is -2.25. The molecular weight excluding hydrogens is 236 g/mol. The summed E-state index contributed by atoms with van der Waals surface area (Å²) in [5.74, 6) is 0.736. The molecule has 1 heterocycles. The summed E-state index contributed by atoms with van der Waals surface area (Å²) in [6.45, 7) is 7.06. The molecular formula is C16H22N2O. The number of hydrogen-bond acceptors (Lipinski definition) is 3. The molecule has 0 amide bonds. The summed E-state index contributed by atoms with van der Waals surface area (Å²) in [7, 11) is 1.93. The highest BCUT2D eigenvalue weighted by Crippen LogP contribution is 2.26. The summed E-state index contributed by atoms with van der Waals surface area (Å²) >= 11 is 0. The summed E-state index contributed by atoms with van der Waals surface area (Å²) in [6, 6.07) is 10.3. The Morgan fingerprint density at radius 1 is 1.26 bits per heavy atom. The van der Waals surface area contributed by atoms with Crippen molar-refractivity contribution in [2.24, 2.45) is 0 Å². The number of pyridine rings is 1. The van der Waals surface area contributed by atoms with E-state index < -0.39 is 0 Å². The molecule has 1 N–H and O–H groups in total. The molecule has 0 bridgehead atoms. The molecule has 0 fully saturated rings. The Morgan fingerprint density at radius 3 is 2.68 bits per heavy atom. The van der Waals surface area contributed by atoms with Gasteiger partial charge < -0.3 is 10.1 Å². The molecule has 0 spiro atoms. The smallest absolute Gasteiger partial charge is 0.218 e. The number of rotatable bonds is 5. The van der Waals surface area contributed by atoms with Gasteiger partial charge >= 0.3 is 0 Å². The summed E-state index contributed by atoms with van der Waals surface area (Å²) in [4.78, 5) is 4.66. The predicted molar refractivity (Wildman–Crippen MR) is 79.5 cm³/mol. The van der Waals surface area contributed by atoms with Gasteiger partial charge in [-0.25, -0.2) is 4.98 Å². The average molecular weight is 258 g/mol. The highest BCUT2D eigenvalue weighted by Gasteiger charge is 2.20. The highest BCUT2D eigenvalue weighted by atomic mass is 16.5. The number of hydrogen-bond donors (Lipinski definition) is 1. The van der Waals surface area contributed by atoms with Crippen molar-refractivity contribution in [3.05, 3.63) is 35.9 Å². The standard InChI is InChI=1S/C16H22N2O/c1-5-16(2,3)19-15-13(11-17-4)10-12-8-6-7-9-14(12)18-15/h6-10,17H,5,11H2,1-4H3. The van der Waals surface area contributed by atoms with Gasteiger partial charge in [0.1, 0.15) is 5.60 Å². The Kier molecular flexibility index (Phi) is 4.05. The van der Waals surface area contributed by atoms with Crippen LogP contribution in [0, 0.1) is 0 Å². The molecule has 0 radical (unpaired) electrons. The largest absolute Gasteiger partial charge is 0.471 e. The second-order valence-electron chi connectivity index (χ2n) is 5.39. The number of aromatic nitrogens is 1. The minimum Gasteiger partial charge on any atom is -0.471 e. The third-order valence-electron chi connectivity index (χ3n) is 3.35. The van der Waals surface area contributed by atoms with Gasteiger partial charge in [-0.05, 0) is 39.4 Å². The van der Waals surface area contributed by atoms with E-state index in [-0.39, 0.29) is 5.60 Å². The second kappa shape index (κ2) is 5.57. The van der Waals surface area contributed by atoms with Gasteiger partial charge in [0.15, 0.2) is 0 Å². The zero-order valence-corrected chi connectivity index (χ0v) is 12.2. The van der Waals surface area contributed by atoms with Crippen LogP contribution < -0.4 is 10.1 Å². The lowest BCUT2D eigenvalue weighted by atomic mass is 10.1. The van der Waals surface area contributed by atoms with Crippen LogP contribution in [-0.4, -0.2) is 17.6 Å². The minimum atomic E-state index is -0.196. The van der Waals surface area contributed by atoms with E-state index in [0.29, 0.717) is 0 Å². The number of ether oxygens (including phenoxy) is 1. The van der Waals surface area contributed by atoms with Crippen molar-refractivity contribution in [3.63, 3.8) is 0 Å². The molecule has 3 nitrogen and oxygen atoms in total. The molecule has 0 aliphatic carbocycles. The number of nitrogens with zero attached hydrogens (tertiary/aromatic N) is 1. The van der Waals surface area contributed by atoms with Crippen molar-refractivity contribution in [3.8, 4) is 5.88 Å². The molecule has 19 heavy (non-hydrogen) atoms. The van der Waals surface area contributed by atoms with Crippen molar-refractivity contribution >= 4 is 10.9 Å². The molecule has 0 aliphatic heterocycles. The number of fused-ring (bicyclic) bond motifs is 1. The molecule has 102 valence electrons. The van der Waals surface area contributed by atoms with Crippen LogP contribution in [0.3, 0.4) is 0 Å². The number of para-hydroxylation sites is 1. The fraction of sp³-hybridized carbons (Fsp3) is 0.438. The Labute approximate surface area is 115 Å². The summed E-state index contributed by atoms with van der Waals surface area (Å²) in [5.41, 5.74) is 1.88. The maximum atomic E-state index is 6.09. The van der Waals surface area contributed by atoms with Gasteiger partial charge in [-0.2, -0.15) is 0 Å². The maximum absolute atomic E-state index is 6.09. The first-order chi connectivity index (χ1) is 9.05. The molecule has 0 unspecified atom stereocenters. The number of nitrogens with one attached hydrogen (secondary N) is 1. The van der Waals surface area contributed by atoms with E-state index in [4.69, 9.17) is 4.74 Å². The van der Waals surface area contributed by atoms with Gasteiger partial charge in [-0.3, -0.25) is 0 Å². The van der Waals surface area contributed by atoms with Gasteiger partial charge in [0, 0.05) is 17.5 Å². The van der Waals surface area contributed by atoms with Crippen LogP contribution in [0.1, 0.15) is 32.8 Å². The Morgan fingerprint density at radius 2 is 2.00 bits per heavy atom. The zero-order valence-electron chi connectivity index (χ0n) is 12.2. The van der Waals surface area contributed by atoms with Crippen LogP contribution in [-0.2, 0) is 6.54 Å². The Bertz CT molecular complexity index is 564. The van der Waals surface area contributed by atoms with E-state index in [1.165, 1.54) is 0 Å². The summed E-state index contributed by atoms with van der Waals surface area (Å²) < 4.78 is 6.09. The van der Waals surface area contributed by atoms with E-state index in [1.807, 2.05) is 25.2 Å². The highest BCUT2D eigenvalue weighted by molar-refractivity contribution is 5.80. The van der Waals surface area contributed by atoms with Gasteiger partial charge in [0.25, 0.3) is 0 Å². The molecule has 3 heteroatoms. The topological polar surface area (TPSA) is 34.1 Å². The normalized spacial score (nSPS) is 11.8. The van der Waals surface area contributed by atoms with Crippen LogP contribution in [0.5, 0.6) is 5.88 Å². The second-order valence-corrected chi connectivity index (χ2v) is 5.39. The molecule has 2 rings (SSSR count). The van der Waals surface area contributed by atoms with E-state index in [1.54, 1.807) is 0 Å². The van der Waals surface area contributed by atoms with Gasteiger partial charge in [0.05, 0.1) is 5.52 Å². The molecule has 1 aromatic carbocycles. The Balaban J connectivity index is 2.47. The van der Waals surface area contributed by atoms with E-state index in [2.05, 4.69) is 43.2 Å². The SMILES string of the molecule is CCC(C)(C)Oc1nc2ccccc2cc1CNC. The van der Waals surface area contributed by atoms with E-state index >= 15 is 0 Å². The van der Waals surface area contributed by atoms with Crippen LogP contribution in [0.2, 0.25) is 0 Å².